The molecule has 1 aliphatic heterocycles. The van der Waals surface area contributed by atoms with E-state index in [1.54, 1.807) is 12.1 Å². The van der Waals surface area contributed by atoms with Gasteiger partial charge in [-0.05, 0) is 30.2 Å². The minimum absolute atomic E-state index is 0.0938. The molecule has 0 saturated heterocycles. The van der Waals surface area contributed by atoms with Crippen molar-refractivity contribution >= 4 is 17.4 Å². The Morgan fingerprint density at radius 1 is 1.26 bits per heavy atom. The number of anilines is 1. The number of fused-ring (bicyclic) bond motifs is 1. The molecule has 0 unspecified atom stereocenters. The van der Waals surface area contributed by atoms with Crippen molar-refractivity contribution < 1.29 is 22.8 Å². The first-order chi connectivity index (χ1) is 8.85. The van der Waals surface area contributed by atoms with Gasteiger partial charge < -0.3 is 5.32 Å². The predicted molar refractivity (Wildman–Crippen MR) is 63.0 cm³/mol. The average molecular weight is 271 g/mol. The van der Waals surface area contributed by atoms with Crippen LogP contribution in [0.25, 0.3) is 0 Å². The number of carbonyl (C=O) groups excluding carboxylic acids is 2. The van der Waals surface area contributed by atoms with E-state index in [2.05, 4.69) is 5.32 Å². The van der Waals surface area contributed by atoms with Crippen molar-refractivity contribution in [1.29, 1.82) is 0 Å². The fourth-order valence-electron chi connectivity index (χ4n) is 1.96. The lowest BCUT2D eigenvalue weighted by molar-refractivity contribution is -0.133. The molecule has 6 heteroatoms. The zero-order valence-electron chi connectivity index (χ0n) is 10.0. The molecule has 3 nitrogen and oxygen atoms in total. The third kappa shape index (κ3) is 3.56. The number of aryl methyl sites for hydroxylation is 1. The average Bonchev–Trinajstić information content (AvgIpc) is 2.34. The first kappa shape index (κ1) is 13.6. The summed E-state index contributed by atoms with van der Waals surface area (Å²) in [6.07, 6.45) is -5.15. The van der Waals surface area contributed by atoms with E-state index in [1.165, 1.54) is 6.07 Å². The Morgan fingerprint density at radius 2 is 2.00 bits per heavy atom. The van der Waals surface area contributed by atoms with Crippen LogP contribution in [0.5, 0.6) is 0 Å². The number of amides is 1. The van der Waals surface area contributed by atoms with Crippen LogP contribution in [0.1, 0.15) is 35.2 Å². The highest BCUT2D eigenvalue weighted by Crippen LogP contribution is 2.26. The van der Waals surface area contributed by atoms with Crippen molar-refractivity contribution in [1.82, 2.24) is 0 Å². The molecule has 0 spiro atoms. The molecule has 19 heavy (non-hydrogen) atoms. The summed E-state index contributed by atoms with van der Waals surface area (Å²) in [6, 6.07) is 4.57. The zero-order valence-corrected chi connectivity index (χ0v) is 10.0. The van der Waals surface area contributed by atoms with E-state index in [0.29, 0.717) is 18.5 Å². The number of carbonyl (C=O) groups is 2. The number of nitrogens with one attached hydrogen (secondary N) is 1. The predicted octanol–water partition coefficient (Wildman–Crippen LogP) is 3.10. The second kappa shape index (κ2) is 5.03. The summed E-state index contributed by atoms with van der Waals surface area (Å²) < 4.78 is 36.1. The second-order valence-electron chi connectivity index (χ2n) is 4.46. The van der Waals surface area contributed by atoms with E-state index in [1.807, 2.05) is 0 Å². The minimum Gasteiger partial charge on any atom is -0.326 e. The van der Waals surface area contributed by atoms with Gasteiger partial charge in [0.2, 0.25) is 5.91 Å². The SMILES string of the molecule is O=C1CCc2cc(C(=O)CCC(F)(F)F)ccc2N1. The van der Waals surface area contributed by atoms with E-state index < -0.39 is 24.8 Å². The fraction of sp³-hybridized carbons (Fsp3) is 0.385. The molecule has 1 N–H and O–H groups in total. The van der Waals surface area contributed by atoms with Crippen molar-refractivity contribution in [3.8, 4) is 0 Å². The van der Waals surface area contributed by atoms with E-state index in [4.69, 9.17) is 0 Å². The molecule has 0 aliphatic carbocycles. The van der Waals surface area contributed by atoms with Crippen molar-refractivity contribution in [2.45, 2.75) is 31.9 Å². The highest BCUT2D eigenvalue weighted by molar-refractivity contribution is 5.98. The molecule has 0 radical (unpaired) electrons. The Labute approximate surface area is 107 Å². The van der Waals surface area contributed by atoms with Crippen molar-refractivity contribution in [2.75, 3.05) is 5.32 Å². The van der Waals surface area contributed by atoms with Gasteiger partial charge >= 0.3 is 6.18 Å². The Morgan fingerprint density at radius 3 is 2.68 bits per heavy atom. The number of Topliss-reactive ketones (excluding diaryl/α,β-unsaturated/α-hetero) is 1. The summed E-state index contributed by atoms with van der Waals surface area (Å²) in [5.74, 6) is -0.624. The van der Waals surface area contributed by atoms with Crippen LogP contribution in [0, 0.1) is 0 Å². The van der Waals surface area contributed by atoms with Crippen LogP contribution in [-0.4, -0.2) is 17.9 Å². The summed E-state index contributed by atoms with van der Waals surface area (Å²) in [6.45, 7) is 0. The number of alkyl halides is 3. The van der Waals surface area contributed by atoms with Crippen molar-refractivity contribution in [2.24, 2.45) is 0 Å². The maximum atomic E-state index is 12.0. The van der Waals surface area contributed by atoms with Crippen LogP contribution in [0.2, 0.25) is 0 Å². The molecule has 0 atom stereocenters. The maximum absolute atomic E-state index is 12.0. The van der Waals surface area contributed by atoms with Gasteiger partial charge in [-0.3, -0.25) is 9.59 Å². The summed E-state index contributed by atoms with van der Waals surface area (Å²) in [7, 11) is 0. The summed E-state index contributed by atoms with van der Waals surface area (Å²) in [4.78, 5) is 22.8. The molecule has 1 amide bonds. The lowest BCUT2D eigenvalue weighted by atomic mass is 9.97. The van der Waals surface area contributed by atoms with E-state index >= 15 is 0 Å². The van der Waals surface area contributed by atoms with Crippen LogP contribution in [0.4, 0.5) is 18.9 Å². The van der Waals surface area contributed by atoms with Gasteiger partial charge in [-0.1, -0.05) is 0 Å². The number of benzene rings is 1. The van der Waals surface area contributed by atoms with Crippen LogP contribution in [-0.2, 0) is 11.2 Å². The molecule has 1 aromatic carbocycles. The lowest BCUT2D eigenvalue weighted by Crippen LogP contribution is -2.19. The Bertz CT molecular complexity index is 523. The van der Waals surface area contributed by atoms with Gasteiger partial charge in [0.1, 0.15) is 0 Å². The molecule has 102 valence electrons. The highest BCUT2D eigenvalue weighted by atomic mass is 19.4. The van der Waals surface area contributed by atoms with E-state index in [9.17, 15) is 22.8 Å². The number of halogens is 3. The highest BCUT2D eigenvalue weighted by Gasteiger charge is 2.28. The normalized spacial score (nSPS) is 14.8. The summed E-state index contributed by atoms with van der Waals surface area (Å²) in [5, 5.41) is 2.65. The molecule has 1 heterocycles. The van der Waals surface area contributed by atoms with Gasteiger partial charge in [0, 0.05) is 24.1 Å². The van der Waals surface area contributed by atoms with Crippen LogP contribution in [0.3, 0.4) is 0 Å². The minimum atomic E-state index is -4.32. The van der Waals surface area contributed by atoms with Gasteiger partial charge in [0.25, 0.3) is 0 Å². The van der Waals surface area contributed by atoms with Crippen molar-refractivity contribution in [3.05, 3.63) is 29.3 Å². The lowest BCUT2D eigenvalue weighted by Gasteiger charge is -2.17. The number of ketones is 1. The zero-order chi connectivity index (χ0) is 14.0. The number of hydrogen-bond acceptors (Lipinski definition) is 2. The molecule has 0 saturated carbocycles. The third-order valence-corrected chi connectivity index (χ3v) is 2.96. The first-order valence-corrected chi connectivity index (χ1v) is 5.88. The van der Waals surface area contributed by atoms with Crippen LogP contribution < -0.4 is 5.32 Å². The smallest absolute Gasteiger partial charge is 0.326 e. The molecule has 2 rings (SSSR count). The quantitative estimate of drug-likeness (QED) is 0.859. The molecule has 0 fully saturated rings. The van der Waals surface area contributed by atoms with E-state index in [-0.39, 0.29) is 11.5 Å². The number of rotatable bonds is 3. The van der Waals surface area contributed by atoms with Crippen LogP contribution >= 0.6 is 0 Å². The summed E-state index contributed by atoms with van der Waals surface area (Å²) >= 11 is 0. The van der Waals surface area contributed by atoms with Crippen LogP contribution in [0.15, 0.2) is 18.2 Å². The van der Waals surface area contributed by atoms with Gasteiger partial charge in [0.15, 0.2) is 5.78 Å². The largest absolute Gasteiger partial charge is 0.389 e. The van der Waals surface area contributed by atoms with Gasteiger partial charge in [-0.25, -0.2) is 0 Å². The van der Waals surface area contributed by atoms with Crippen molar-refractivity contribution in [3.63, 3.8) is 0 Å². The number of hydrogen-bond donors (Lipinski definition) is 1. The second-order valence-corrected chi connectivity index (χ2v) is 4.46. The molecule has 1 aromatic rings. The van der Waals surface area contributed by atoms with E-state index in [0.717, 1.165) is 5.56 Å². The monoisotopic (exact) mass is 271 g/mol. The molecule has 0 bridgehead atoms. The summed E-state index contributed by atoms with van der Waals surface area (Å²) in [5.41, 5.74) is 1.68. The molecule has 0 aromatic heterocycles. The van der Waals surface area contributed by atoms with Gasteiger partial charge in [0.05, 0.1) is 6.42 Å². The first-order valence-electron chi connectivity index (χ1n) is 5.88. The molecular formula is C13H12F3NO2. The topological polar surface area (TPSA) is 46.2 Å². The Kier molecular flexibility index (Phi) is 3.59. The third-order valence-electron chi connectivity index (χ3n) is 2.96. The maximum Gasteiger partial charge on any atom is 0.389 e. The fourth-order valence-corrected chi connectivity index (χ4v) is 1.96. The molecular weight excluding hydrogens is 259 g/mol. The standard InChI is InChI=1S/C13H12F3NO2/c14-13(15,16)6-5-11(18)9-1-3-10-8(7-9)2-4-12(19)17-10/h1,3,7H,2,4-6H2,(H,17,19). The Hall–Kier alpha value is -1.85. The Balaban J connectivity index is 2.09. The van der Waals surface area contributed by atoms with Gasteiger partial charge in [-0.15, -0.1) is 0 Å². The molecule has 1 aliphatic rings. The van der Waals surface area contributed by atoms with Gasteiger partial charge in [-0.2, -0.15) is 13.2 Å².